The number of rotatable bonds is 5. The van der Waals surface area contributed by atoms with Gasteiger partial charge in [0.2, 0.25) is 0 Å². The summed E-state index contributed by atoms with van der Waals surface area (Å²) in [5.41, 5.74) is 1.21. The Morgan fingerprint density at radius 1 is 1.53 bits per heavy atom. The third-order valence-corrected chi connectivity index (χ3v) is 2.17. The third-order valence-electron chi connectivity index (χ3n) is 2.17. The molecule has 3 heteroatoms. The molecule has 82 valence electrons. The van der Waals surface area contributed by atoms with Crippen molar-refractivity contribution in [1.82, 2.24) is 0 Å². The van der Waals surface area contributed by atoms with Gasteiger partial charge in [-0.15, -0.1) is 0 Å². The number of carbonyl (C=O) groups is 1. The Bertz CT molecular complexity index is 333. The summed E-state index contributed by atoms with van der Waals surface area (Å²) in [7, 11) is 0. The molecule has 3 nitrogen and oxygen atoms in total. The van der Waals surface area contributed by atoms with Crippen LogP contribution in [0.5, 0.6) is 0 Å². The van der Waals surface area contributed by atoms with E-state index in [1.807, 2.05) is 19.9 Å². The molecule has 0 aromatic heterocycles. The molecular weight excluding hydrogens is 192 g/mol. The van der Waals surface area contributed by atoms with Crippen LogP contribution in [0.3, 0.4) is 0 Å². The van der Waals surface area contributed by atoms with Gasteiger partial charge in [-0.25, -0.2) is 4.79 Å². The first kappa shape index (κ1) is 11.7. The summed E-state index contributed by atoms with van der Waals surface area (Å²) in [6.07, 6.45) is 0.910. The fourth-order valence-electron chi connectivity index (χ4n) is 1.32. The van der Waals surface area contributed by atoms with Crippen LogP contribution in [0.4, 0.5) is 0 Å². The number of benzene rings is 1. The maximum absolute atomic E-state index is 10.7. The van der Waals surface area contributed by atoms with E-state index >= 15 is 0 Å². The van der Waals surface area contributed by atoms with Crippen LogP contribution in [0.15, 0.2) is 24.3 Å². The average Bonchev–Trinajstić information content (AvgIpc) is 2.26. The molecular formula is C12H16O3. The molecule has 1 atom stereocenters. The standard InChI is InChI=1S/C12H16O3/c1-3-7-15-9(2)10-5-4-6-11(8-10)12(13)14/h4-6,8-9H,3,7H2,1-2H3,(H,13,14). The first-order chi connectivity index (χ1) is 7.15. The summed E-state index contributed by atoms with van der Waals surface area (Å²) in [5, 5.41) is 8.83. The van der Waals surface area contributed by atoms with Crippen LogP contribution in [-0.2, 0) is 4.74 Å². The molecule has 0 saturated carbocycles. The number of ether oxygens (including phenoxy) is 1. The van der Waals surface area contributed by atoms with Crippen molar-refractivity contribution >= 4 is 5.97 Å². The van der Waals surface area contributed by atoms with Crippen molar-refractivity contribution in [1.29, 1.82) is 0 Å². The highest BCUT2D eigenvalue weighted by Crippen LogP contribution is 2.18. The van der Waals surface area contributed by atoms with Crippen molar-refractivity contribution in [2.45, 2.75) is 26.4 Å². The van der Waals surface area contributed by atoms with Crippen molar-refractivity contribution in [3.63, 3.8) is 0 Å². The fraction of sp³-hybridized carbons (Fsp3) is 0.417. The lowest BCUT2D eigenvalue weighted by molar-refractivity contribution is 0.0655. The van der Waals surface area contributed by atoms with Gasteiger partial charge in [0.05, 0.1) is 11.7 Å². The smallest absolute Gasteiger partial charge is 0.335 e. The van der Waals surface area contributed by atoms with Gasteiger partial charge in [-0.05, 0) is 31.0 Å². The van der Waals surface area contributed by atoms with E-state index in [2.05, 4.69) is 0 Å². The zero-order valence-electron chi connectivity index (χ0n) is 9.06. The van der Waals surface area contributed by atoms with Crippen LogP contribution in [0.2, 0.25) is 0 Å². The topological polar surface area (TPSA) is 46.5 Å². The van der Waals surface area contributed by atoms with Crippen LogP contribution in [0, 0.1) is 0 Å². The Morgan fingerprint density at radius 2 is 2.27 bits per heavy atom. The SMILES string of the molecule is CCCOC(C)c1cccc(C(=O)O)c1. The Kier molecular flexibility index (Phi) is 4.31. The molecule has 15 heavy (non-hydrogen) atoms. The number of hydrogen-bond donors (Lipinski definition) is 1. The summed E-state index contributed by atoms with van der Waals surface area (Å²) < 4.78 is 5.52. The van der Waals surface area contributed by atoms with Crippen molar-refractivity contribution in [3.05, 3.63) is 35.4 Å². The molecule has 1 aromatic rings. The summed E-state index contributed by atoms with van der Waals surface area (Å²) >= 11 is 0. The minimum Gasteiger partial charge on any atom is -0.478 e. The molecule has 0 heterocycles. The molecule has 0 amide bonds. The molecule has 0 bridgehead atoms. The Balaban J connectivity index is 2.76. The van der Waals surface area contributed by atoms with E-state index in [0.717, 1.165) is 12.0 Å². The van der Waals surface area contributed by atoms with E-state index in [0.29, 0.717) is 12.2 Å². The second-order valence-electron chi connectivity index (χ2n) is 3.44. The summed E-state index contributed by atoms with van der Waals surface area (Å²) in [6.45, 7) is 4.66. The van der Waals surface area contributed by atoms with Crippen LogP contribution in [0.1, 0.15) is 42.3 Å². The number of carboxylic acid groups (broad SMARTS) is 1. The number of carboxylic acids is 1. The van der Waals surface area contributed by atoms with Gasteiger partial charge in [0.25, 0.3) is 0 Å². The predicted octanol–water partition coefficient (Wildman–Crippen LogP) is 2.87. The molecule has 0 radical (unpaired) electrons. The van der Waals surface area contributed by atoms with E-state index in [1.165, 1.54) is 0 Å². The molecule has 1 rings (SSSR count). The molecule has 1 unspecified atom stereocenters. The quantitative estimate of drug-likeness (QED) is 0.809. The van der Waals surface area contributed by atoms with E-state index in [1.54, 1.807) is 18.2 Å². The predicted molar refractivity (Wildman–Crippen MR) is 58.1 cm³/mol. The highest BCUT2D eigenvalue weighted by Gasteiger charge is 2.08. The summed E-state index contributed by atoms with van der Waals surface area (Å²) in [4.78, 5) is 10.7. The summed E-state index contributed by atoms with van der Waals surface area (Å²) in [5.74, 6) is -0.903. The van der Waals surface area contributed by atoms with E-state index in [-0.39, 0.29) is 6.10 Å². The van der Waals surface area contributed by atoms with E-state index < -0.39 is 5.97 Å². The number of hydrogen-bond acceptors (Lipinski definition) is 2. The zero-order chi connectivity index (χ0) is 11.3. The first-order valence-electron chi connectivity index (χ1n) is 5.10. The normalized spacial score (nSPS) is 12.4. The molecule has 0 aliphatic carbocycles. The molecule has 1 aromatic carbocycles. The molecule has 0 fully saturated rings. The Morgan fingerprint density at radius 3 is 2.87 bits per heavy atom. The average molecular weight is 208 g/mol. The van der Waals surface area contributed by atoms with Gasteiger partial charge in [0, 0.05) is 6.61 Å². The maximum Gasteiger partial charge on any atom is 0.335 e. The monoisotopic (exact) mass is 208 g/mol. The second-order valence-corrected chi connectivity index (χ2v) is 3.44. The van der Waals surface area contributed by atoms with Gasteiger partial charge < -0.3 is 9.84 Å². The van der Waals surface area contributed by atoms with Gasteiger partial charge in [-0.2, -0.15) is 0 Å². The van der Waals surface area contributed by atoms with Gasteiger partial charge >= 0.3 is 5.97 Å². The highest BCUT2D eigenvalue weighted by atomic mass is 16.5. The minimum atomic E-state index is -0.903. The van der Waals surface area contributed by atoms with Crippen LogP contribution < -0.4 is 0 Å². The van der Waals surface area contributed by atoms with Crippen LogP contribution >= 0.6 is 0 Å². The van der Waals surface area contributed by atoms with Crippen LogP contribution in [0.25, 0.3) is 0 Å². The second kappa shape index (κ2) is 5.51. The van der Waals surface area contributed by atoms with E-state index in [4.69, 9.17) is 9.84 Å². The molecule has 1 N–H and O–H groups in total. The lowest BCUT2D eigenvalue weighted by Crippen LogP contribution is -2.03. The van der Waals surface area contributed by atoms with Gasteiger partial charge in [-0.3, -0.25) is 0 Å². The lowest BCUT2D eigenvalue weighted by Gasteiger charge is -2.13. The first-order valence-corrected chi connectivity index (χ1v) is 5.10. The largest absolute Gasteiger partial charge is 0.478 e. The van der Waals surface area contributed by atoms with Crippen molar-refractivity contribution in [3.8, 4) is 0 Å². The van der Waals surface area contributed by atoms with Crippen LogP contribution in [-0.4, -0.2) is 17.7 Å². The molecule has 0 spiro atoms. The molecule has 0 saturated heterocycles. The maximum atomic E-state index is 10.7. The molecule has 0 aliphatic rings. The van der Waals surface area contributed by atoms with Gasteiger partial charge in [0.15, 0.2) is 0 Å². The summed E-state index contributed by atoms with van der Waals surface area (Å²) in [6, 6.07) is 6.86. The molecule has 0 aliphatic heterocycles. The Hall–Kier alpha value is -1.35. The van der Waals surface area contributed by atoms with E-state index in [9.17, 15) is 4.79 Å². The van der Waals surface area contributed by atoms with Crippen molar-refractivity contribution in [2.75, 3.05) is 6.61 Å². The van der Waals surface area contributed by atoms with Crippen molar-refractivity contribution < 1.29 is 14.6 Å². The Labute approximate surface area is 89.7 Å². The van der Waals surface area contributed by atoms with Gasteiger partial charge in [-0.1, -0.05) is 19.1 Å². The zero-order valence-corrected chi connectivity index (χ0v) is 9.06. The minimum absolute atomic E-state index is 0.0516. The van der Waals surface area contributed by atoms with Gasteiger partial charge in [0.1, 0.15) is 0 Å². The van der Waals surface area contributed by atoms with Crippen molar-refractivity contribution in [2.24, 2.45) is 0 Å². The fourth-order valence-corrected chi connectivity index (χ4v) is 1.32. The third kappa shape index (κ3) is 3.36. The lowest BCUT2D eigenvalue weighted by atomic mass is 10.1. The highest BCUT2D eigenvalue weighted by molar-refractivity contribution is 5.87. The number of aromatic carboxylic acids is 1.